The molecule has 1 amide bonds. The summed E-state index contributed by atoms with van der Waals surface area (Å²) in [6.07, 6.45) is 0.779. The highest BCUT2D eigenvalue weighted by atomic mass is 16.5. The fraction of sp³-hybridized carbons (Fsp3) is 0.588. The summed E-state index contributed by atoms with van der Waals surface area (Å²) in [4.78, 5) is 12.0. The smallest absolute Gasteiger partial charge is 0.228 e. The van der Waals surface area contributed by atoms with Crippen LogP contribution in [-0.4, -0.2) is 33.3 Å². The number of methoxy groups -OCH3 is 2. The average molecular weight is 309 g/mol. The van der Waals surface area contributed by atoms with E-state index in [1.165, 1.54) is 0 Å². The maximum atomic E-state index is 12.0. The van der Waals surface area contributed by atoms with Gasteiger partial charge in [-0.05, 0) is 30.5 Å². The fourth-order valence-corrected chi connectivity index (χ4v) is 2.26. The van der Waals surface area contributed by atoms with Crippen molar-refractivity contribution < 1.29 is 19.0 Å². The maximum Gasteiger partial charge on any atom is 0.228 e. The van der Waals surface area contributed by atoms with E-state index in [0.29, 0.717) is 24.7 Å². The number of hydrogen-bond donors (Lipinski definition) is 1. The molecular weight excluding hydrogens is 282 g/mol. The first-order valence-corrected chi connectivity index (χ1v) is 7.48. The van der Waals surface area contributed by atoms with Crippen LogP contribution < -0.4 is 15.2 Å². The van der Waals surface area contributed by atoms with E-state index in [0.717, 1.165) is 12.0 Å². The molecule has 0 saturated carbocycles. The van der Waals surface area contributed by atoms with Crippen molar-refractivity contribution in [1.29, 1.82) is 0 Å². The number of rotatable bonds is 9. The van der Waals surface area contributed by atoms with E-state index in [4.69, 9.17) is 19.9 Å². The summed E-state index contributed by atoms with van der Waals surface area (Å²) in [5, 5.41) is 0. The number of hydrogen-bond acceptors (Lipinski definition) is 4. The van der Waals surface area contributed by atoms with E-state index in [9.17, 15) is 4.79 Å². The summed E-state index contributed by atoms with van der Waals surface area (Å²) in [7, 11) is 3.24. The van der Waals surface area contributed by atoms with Crippen LogP contribution in [0.3, 0.4) is 0 Å². The second-order valence-corrected chi connectivity index (χ2v) is 5.78. The quantitative estimate of drug-likeness (QED) is 0.712. The maximum absolute atomic E-state index is 12.0. The van der Waals surface area contributed by atoms with Crippen LogP contribution >= 0.6 is 0 Å². The lowest BCUT2D eigenvalue weighted by molar-refractivity contribution is -0.124. The van der Waals surface area contributed by atoms with Gasteiger partial charge < -0.3 is 19.9 Å². The summed E-state index contributed by atoms with van der Waals surface area (Å²) in [5.74, 6) is 0.971. The molecule has 124 valence electrons. The van der Waals surface area contributed by atoms with E-state index < -0.39 is 5.41 Å². The van der Waals surface area contributed by atoms with Gasteiger partial charge in [0.25, 0.3) is 0 Å². The standard InChI is InChI=1S/C17H27NO4/c1-12(2)17(3,16(18)19)13-7-8-14(21-5)15(11-13)22-10-6-9-20-4/h7-8,11-12H,6,9-10H2,1-5H3,(H2,18,19). The Morgan fingerprint density at radius 1 is 1.23 bits per heavy atom. The van der Waals surface area contributed by atoms with Crippen molar-refractivity contribution in [3.8, 4) is 11.5 Å². The molecule has 1 aromatic rings. The Hall–Kier alpha value is -1.75. The van der Waals surface area contributed by atoms with Gasteiger partial charge in [-0.25, -0.2) is 0 Å². The molecule has 0 aliphatic rings. The molecule has 0 aromatic heterocycles. The number of primary amides is 1. The number of nitrogens with two attached hydrogens (primary N) is 1. The molecule has 0 fully saturated rings. The van der Waals surface area contributed by atoms with E-state index >= 15 is 0 Å². The number of carbonyl (C=O) groups excluding carboxylic acids is 1. The summed E-state index contributed by atoms with van der Waals surface area (Å²) in [6.45, 7) is 6.97. The van der Waals surface area contributed by atoms with Gasteiger partial charge in [-0.2, -0.15) is 0 Å². The fourth-order valence-electron chi connectivity index (χ4n) is 2.26. The Kier molecular flexibility index (Phi) is 6.68. The zero-order valence-corrected chi connectivity index (χ0v) is 14.1. The van der Waals surface area contributed by atoms with Crippen LogP contribution in [-0.2, 0) is 14.9 Å². The van der Waals surface area contributed by atoms with Crippen molar-refractivity contribution in [2.24, 2.45) is 11.7 Å². The average Bonchev–Trinajstić information content (AvgIpc) is 2.50. The summed E-state index contributed by atoms with van der Waals surface area (Å²) < 4.78 is 16.1. The summed E-state index contributed by atoms with van der Waals surface area (Å²) >= 11 is 0. The molecule has 22 heavy (non-hydrogen) atoms. The Bertz CT molecular complexity index is 501. The molecule has 0 aliphatic carbocycles. The molecule has 1 atom stereocenters. The highest BCUT2D eigenvalue weighted by Gasteiger charge is 2.37. The molecule has 0 spiro atoms. The third-order valence-corrected chi connectivity index (χ3v) is 4.18. The minimum atomic E-state index is -0.753. The molecule has 1 rings (SSSR count). The van der Waals surface area contributed by atoms with Gasteiger partial charge in [0.1, 0.15) is 0 Å². The van der Waals surface area contributed by atoms with Gasteiger partial charge in [0.15, 0.2) is 11.5 Å². The van der Waals surface area contributed by atoms with Gasteiger partial charge >= 0.3 is 0 Å². The molecule has 0 aliphatic heterocycles. The number of benzene rings is 1. The molecule has 1 aromatic carbocycles. The number of amides is 1. The topological polar surface area (TPSA) is 70.8 Å². The highest BCUT2D eigenvalue weighted by molar-refractivity contribution is 5.86. The van der Waals surface area contributed by atoms with Crippen LogP contribution in [0.2, 0.25) is 0 Å². The van der Waals surface area contributed by atoms with Gasteiger partial charge in [-0.1, -0.05) is 19.9 Å². The van der Waals surface area contributed by atoms with E-state index in [-0.39, 0.29) is 11.8 Å². The highest BCUT2D eigenvalue weighted by Crippen LogP contribution is 2.37. The molecule has 0 radical (unpaired) electrons. The van der Waals surface area contributed by atoms with Crippen LogP contribution in [0, 0.1) is 5.92 Å². The van der Waals surface area contributed by atoms with E-state index in [1.807, 2.05) is 39.0 Å². The Labute approximate surface area is 132 Å². The first-order valence-electron chi connectivity index (χ1n) is 7.48. The normalized spacial score (nSPS) is 13.7. The molecule has 5 nitrogen and oxygen atoms in total. The zero-order valence-electron chi connectivity index (χ0n) is 14.1. The van der Waals surface area contributed by atoms with Crippen LogP contribution in [0.4, 0.5) is 0 Å². The minimum absolute atomic E-state index is 0.0692. The predicted molar refractivity (Wildman–Crippen MR) is 86.4 cm³/mol. The van der Waals surface area contributed by atoms with Crippen LogP contribution in [0.1, 0.15) is 32.8 Å². The SMILES string of the molecule is COCCCOc1cc(C(C)(C(N)=O)C(C)C)ccc1OC. The van der Waals surface area contributed by atoms with Crippen molar-refractivity contribution in [2.45, 2.75) is 32.6 Å². The predicted octanol–water partition coefficient (Wildman–Crippen LogP) is 2.51. The van der Waals surface area contributed by atoms with Gasteiger partial charge in [0.05, 0.1) is 19.1 Å². The summed E-state index contributed by atoms with van der Waals surface area (Å²) in [5.41, 5.74) is 5.71. The van der Waals surface area contributed by atoms with Gasteiger partial charge in [-0.3, -0.25) is 4.79 Å². The first-order chi connectivity index (χ1) is 10.4. The first kappa shape index (κ1) is 18.3. The zero-order chi connectivity index (χ0) is 16.8. The Morgan fingerprint density at radius 2 is 1.91 bits per heavy atom. The van der Waals surface area contributed by atoms with Crippen LogP contribution in [0.25, 0.3) is 0 Å². The summed E-state index contributed by atoms with van der Waals surface area (Å²) in [6, 6.07) is 5.52. The Morgan fingerprint density at radius 3 is 2.41 bits per heavy atom. The van der Waals surface area contributed by atoms with Crippen molar-refractivity contribution in [1.82, 2.24) is 0 Å². The Balaban J connectivity index is 3.10. The lowest BCUT2D eigenvalue weighted by atomic mass is 9.72. The second-order valence-electron chi connectivity index (χ2n) is 5.78. The van der Waals surface area contributed by atoms with Crippen molar-refractivity contribution in [3.63, 3.8) is 0 Å². The van der Waals surface area contributed by atoms with Crippen molar-refractivity contribution >= 4 is 5.91 Å². The van der Waals surface area contributed by atoms with Crippen LogP contribution in [0.5, 0.6) is 11.5 Å². The van der Waals surface area contributed by atoms with Crippen molar-refractivity contribution in [3.05, 3.63) is 23.8 Å². The molecular formula is C17H27NO4. The van der Waals surface area contributed by atoms with E-state index in [1.54, 1.807) is 14.2 Å². The van der Waals surface area contributed by atoms with Crippen LogP contribution in [0.15, 0.2) is 18.2 Å². The third kappa shape index (κ3) is 3.91. The largest absolute Gasteiger partial charge is 0.493 e. The molecule has 0 heterocycles. The lowest BCUT2D eigenvalue weighted by Crippen LogP contribution is -2.42. The molecule has 1 unspecified atom stereocenters. The lowest BCUT2D eigenvalue weighted by Gasteiger charge is -2.31. The minimum Gasteiger partial charge on any atom is -0.493 e. The molecule has 5 heteroatoms. The number of carbonyl (C=O) groups is 1. The molecule has 0 saturated heterocycles. The molecule has 0 bridgehead atoms. The van der Waals surface area contributed by atoms with Gasteiger partial charge in [0, 0.05) is 20.1 Å². The molecule has 2 N–H and O–H groups in total. The third-order valence-electron chi connectivity index (χ3n) is 4.18. The second kappa shape index (κ2) is 8.03. The van der Waals surface area contributed by atoms with Crippen molar-refractivity contribution in [2.75, 3.05) is 27.4 Å². The van der Waals surface area contributed by atoms with E-state index in [2.05, 4.69) is 0 Å². The van der Waals surface area contributed by atoms with Gasteiger partial charge in [0.2, 0.25) is 5.91 Å². The van der Waals surface area contributed by atoms with Gasteiger partial charge in [-0.15, -0.1) is 0 Å². The monoisotopic (exact) mass is 309 g/mol. The number of ether oxygens (including phenoxy) is 3.